The Bertz CT molecular complexity index is 1760. The number of hydrogen-bond donors (Lipinski definition) is 2. The van der Waals surface area contributed by atoms with Gasteiger partial charge in [0.2, 0.25) is 5.28 Å². The molecule has 11 nitrogen and oxygen atoms in total. The Morgan fingerprint density at radius 1 is 1.05 bits per heavy atom. The summed E-state index contributed by atoms with van der Waals surface area (Å²) in [7, 11) is 0. The molecule has 0 aliphatic carbocycles. The summed E-state index contributed by atoms with van der Waals surface area (Å²) in [4.78, 5) is 48.7. The van der Waals surface area contributed by atoms with E-state index in [4.69, 9.17) is 22.3 Å². The molecule has 0 unspecified atom stereocenters. The molecule has 13 heteroatoms. The van der Waals surface area contributed by atoms with Crippen molar-refractivity contribution in [1.29, 1.82) is 0 Å². The zero-order valence-electron chi connectivity index (χ0n) is 20.8. The second-order valence-electron chi connectivity index (χ2n) is 9.08. The summed E-state index contributed by atoms with van der Waals surface area (Å²) in [5.74, 6) is -0.644. The molecule has 1 atom stereocenters. The van der Waals surface area contributed by atoms with Crippen LogP contribution in [0, 0.1) is 5.82 Å². The molecule has 3 N–H and O–H groups in total. The van der Waals surface area contributed by atoms with Crippen molar-refractivity contribution in [2.75, 3.05) is 17.6 Å². The number of anilines is 2. The summed E-state index contributed by atoms with van der Waals surface area (Å²) in [5, 5.41) is 2.56. The van der Waals surface area contributed by atoms with Gasteiger partial charge >= 0.3 is 0 Å². The molecule has 4 aromatic heterocycles. The van der Waals surface area contributed by atoms with Crippen LogP contribution < -0.4 is 11.1 Å². The number of aromatic nitrogens is 6. The molecule has 0 spiro atoms. The minimum absolute atomic E-state index is 0.0202. The highest BCUT2D eigenvalue weighted by Gasteiger charge is 2.35. The van der Waals surface area contributed by atoms with E-state index in [-0.39, 0.29) is 28.3 Å². The molecule has 5 aromatic rings. The highest BCUT2D eigenvalue weighted by molar-refractivity contribution is 6.28. The van der Waals surface area contributed by atoms with Gasteiger partial charge in [0.1, 0.15) is 40.2 Å². The zero-order chi connectivity index (χ0) is 27.8. The molecule has 2 amide bonds. The summed E-state index contributed by atoms with van der Waals surface area (Å²) >= 11 is 5.91. The largest absolute Gasteiger partial charge is 0.382 e. The monoisotopic (exact) mass is 557 g/mol. The van der Waals surface area contributed by atoms with Crippen LogP contribution in [0.2, 0.25) is 5.28 Å². The van der Waals surface area contributed by atoms with Crippen molar-refractivity contribution < 1.29 is 14.0 Å². The molecule has 1 aliphatic rings. The van der Waals surface area contributed by atoms with Gasteiger partial charge in [0.25, 0.3) is 11.8 Å². The molecule has 200 valence electrons. The van der Waals surface area contributed by atoms with Crippen molar-refractivity contribution in [2.45, 2.75) is 18.9 Å². The molecule has 0 radical (unpaired) electrons. The number of pyridine rings is 1. The molecule has 1 saturated heterocycles. The predicted molar refractivity (Wildman–Crippen MR) is 145 cm³/mol. The van der Waals surface area contributed by atoms with Crippen LogP contribution in [0.1, 0.15) is 45.6 Å². The van der Waals surface area contributed by atoms with Crippen LogP contribution in [0.5, 0.6) is 0 Å². The SMILES string of the molecule is Nc1nccn2c([C@@H]3CCCN3C(=O)c3ccnc(Cl)n3)nc(-c3ccc(C(=O)Nc4ccccn4)c(F)c3)c12. The van der Waals surface area contributed by atoms with Crippen molar-refractivity contribution in [3.8, 4) is 11.3 Å². The van der Waals surface area contributed by atoms with Gasteiger partial charge in [-0.15, -0.1) is 0 Å². The van der Waals surface area contributed by atoms with Gasteiger partial charge in [-0.1, -0.05) is 12.1 Å². The molecule has 6 rings (SSSR count). The van der Waals surface area contributed by atoms with Crippen LogP contribution in [0.3, 0.4) is 0 Å². The maximum absolute atomic E-state index is 15.2. The van der Waals surface area contributed by atoms with Crippen molar-refractivity contribution in [1.82, 2.24) is 34.2 Å². The summed E-state index contributed by atoms with van der Waals surface area (Å²) in [5.41, 5.74) is 7.52. The Hall–Kier alpha value is -4.97. The summed E-state index contributed by atoms with van der Waals surface area (Å²) in [6.45, 7) is 0.491. The standard InChI is InChI=1S/C27H21ClFN9O2/c28-27-33-10-8-18(34-27)26(40)37-12-3-4-19(37)24-36-21(22-23(30)32-11-13-38(22)24)15-6-7-16(17(29)14-15)25(39)35-20-5-1-2-9-31-20/h1-2,5-11,13-14,19H,3-4,12H2,(H2,30,32)(H,31,35,39)/t19-/m0/s1. The van der Waals surface area contributed by atoms with E-state index in [9.17, 15) is 9.59 Å². The number of fused-ring (bicyclic) bond motifs is 1. The minimum Gasteiger partial charge on any atom is -0.382 e. The molecular weight excluding hydrogens is 537 g/mol. The van der Waals surface area contributed by atoms with E-state index >= 15 is 4.39 Å². The molecule has 1 aromatic carbocycles. The van der Waals surface area contributed by atoms with Gasteiger partial charge in [0.15, 0.2) is 0 Å². The third kappa shape index (κ3) is 4.58. The van der Waals surface area contributed by atoms with Crippen molar-refractivity contribution >= 4 is 40.6 Å². The number of carbonyl (C=O) groups is 2. The maximum atomic E-state index is 15.2. The van der Waals surface area contributed by atoms with E-state index in [2.05, 4.69) is 25.3 Å². The third-order valence-corrected chi connectivity index (χ3v) is 6.84. The second-order valence-corrected chi connectivity index (χ2v) is 9.42. The topological polar surface area (TPSA) is 144 Å². The number of nitrogens with two attached hydrogens (primary N) is 1. The van der Waals surface area contributed by atoms with Crippen LogP contribution in [-0.4, -0.2) is 52.6 Å². The molecule has 0 saturated carbocycles. The van der Waals surface area contributed by atoms with Gasteiger partial charge in [-0.25, -0.2) is 29.3 Å². The molecular formula is C27H21ClFN9O2. The lowest BCUT2D eigenvalue weighted by atomic mass is 10.1. The number of amides is 2. The Balaban J connectivity index is 1.37. The highest BCUT2D eigenvalue weighted by Crippen LogP contribution is 2.37. The van der Waals surface area contributed by atoms with Gasteiger partial charge in [-0.3, -0.25) is 14.0 Å². The van der Waals surface area contributed by atoms with Gasteiger partial charge in [-0.2, -0.15) is 0 Å². The first-order valence-electron chi connectivity index (χ1n) is 12.3. The average molecular weight is 558 g/mol. The van der Waals surface area contributed by atoms with E-state index in [0.29, 0.717) is 41.4 Å². The van der Waals surface area contributed by atoms with Crippen LogP contribution in [0.25, 0.3) is 16.8 Å². The van der Waals surface area contributed by atoms with Crippen LogP contribution in [0.15, 0.2) is 67.3 Å². The first-order valence-corrected chi connectivity index (χ1v) is 12.7. The van der Waals surface area contributed by atoms with Crippen LogP contribution >= 0.6 is 11.6 Å². The predicted octanol–water partition coefficient (Wildman–Crippen LogP) is 4.19. The Kier molecular flexibility index (Phi) is 6.52. The number of imidazole rings is 1. The second kappa shape index (κ2) is 10.3. The number of rotatable bonds is 5. The fourth-order valence-electron chi connectivity index (χ4n) is 4.87. The van der Waals surface area contributed by atoms with E-state index in [1.165, 1.54) is 36.8 Å². The van der Waals surface area contributed by atoms with E-state index in [1.807, 2.05) is 0 Å². The number of carbonyl (C=O) groups excluding carboxylic acids is 2. The van der Waals surface area contributed by atoms with Crippen LogP contribution in [0.4, 0.5) is 16.0 Å². The lowest BCUT2D eigenvalue weighted by Gasteiger charge is -2.23. The summed E-state index contributed by atoms with van der Waals surface area (Å²) in [6.07, 6.45) is 7.58. The average Bonchev–Trinajstić information content (AvgIpc) is 3.59. The fourth-order valence-corrected chi connectivity index (χ4v) is 5.02. The van der Waals surface area contributed by atoms with Crippen LogP contribution in [-0.2, 0) is 0 Å². The van der Waals surface area contributed by atoms with E-state index in [0.717, 1.165) is 6.42 Å². The number of nitrogens with zero attached hydrogens (tertiary/aromatic N) is 7. The zero-order valence-corrected chi connectivity index (χ0v) is 21.6. The first-order chi connectivity index (χ1) is 19.4. The quantitative estimate of drug-likeness (QED) is 0.306. The van der Waals surface area contributed by atoms with Crippen molar-refractivity contribution in [2.24, 2.45) is 0 Å². The lowest BCUT2D eigenvalue weighted by molar-refractivity contribution is 0.0723. The summed E-state index contributed by atoms with van der Waals surface area (Å²) in [6, 6.07) is 10.3. The summed E-state index contributed by atoms with van der Waals surface area (Å²) < 4.78 is 17.0. The van der Waals surface area contributed by atoms with Gasteiger partial charge in [0.05, 0.1) is 11.6 Å². The van der Waals surface area contributed by atoms with Gasteiger partial charge < -0.3 is 16.0 Å². The Morgan fingerprint density at radius 3 is 2.70 bits per heavy atom. The Labute approximate surface area is 231 Å². The molecule has 40 heavy (non-hydrogen) atoms. The Morgan fingerprint density at radius 2 is 1.93 bits per heavy atom. The van der Waals surface area contributed by atoms with Crippen molar-refractivity contribution in [3.05, 3.63) is 95.4 Å². The molecule has 5 heterocycles. The van der Waals surface area contributed by atoms with E-state index < -0.39 is 17.8 Å². The van der Waals surface area contributed by atoms with Crippen molar-refractivity contribution in [3.63, 3.8) is 0 Å². The van der Waals surface area contributed by atoms with Gasteiger partial charge in [-0.05, 0) is 54.8 Å². The first kappa shape index (κ1) is 25.3. The minimum atomic E-state index is -0.741. The number of halogens is 2. The maximum Gasteiger partial charge on any atom is 0.273 e. The normalized spacial score (nSPS) is 14.9. The molecule has 1 fully saturated rings. The lowest BCUT2D eigenvalue weighted by Crippen LogP contribution is -2.32. The number of likely N-dealkylation sites (tertiary alicyclic amines) is 1. The van der Waals surface area contributed by atoms with Gasteiger partial charge in [0, 0.05) is 36.9 Å². The smallest absolute Gasteiger partial charge is 0.273 e. The fraction of sp³-hybridized carbons (Fsp3) is 0.148. The number of hydrogen-bond acceptors (Lipinski definition) is 8. The van der Waals surface area contributed by atoms with E-state index in [1.54, 1.807) is 39.8 Å². The third-order valence-electron chi connectivity index (χ3n) is 6.66. The number of nitrogen functional groups attached to an aromatic ring is 1. The molecule has 0 bridgehead atoms. The number of nitrogens with one attached hydrogen (secondary N) is 1. The highest BCUT2D eigenvalue weighted by atomic mass is 35.5. The molecule has 1 aliphatic heterocycles. The number of benzene rings is 1.